The summed E-state index contributed by atoms with van der Waals surface area (Å²) < 4.78 is 44.4. The summed E-state index contributed by atoms with van der Waals surface area (Å²) in [5, 5.41) is 14.0. The first-order valence-corrected chi connectivity index (χ1v) is 10.3. The molecular formula is C21H23F3N4O4. The minimum atomic E-state index is -4.32. The Morgan fingerprint density at radius 1 is 1.22 bits per heavy atom. The topological polar surface area (TPSA) is 87.9 Å². The zero-order chi connectivity index (χ0) is 23.0. The fraction of sp³-hybridized carbons (Fsp3) is 0.476. The number of halogens is 3. The van der Waals surface area contributed by atoms with Gasteiger partial charge in [-0.25, -0.2) is 4.79 Å². The molecule has 1 N–H and O–H groups in total. The summed E-state index contributed by atoms with van der Waals surface area (Å²) in [5.41, 5.74) is 2.19. The van der Waals surface area contributed by atoms with E-state index in [1.54, 1.807) is 36.0 Å². The Morgan fingerprint density at radius 2 is 1.97 bits per heavy atom. The number of hydrogen-bond donors (Lipinski definition) is 1. The first-order valence-electron chi connectivity index (χ1n) is 10.3. The Kier molecular flexibility index (Phi) is 5.85. The smallest absolute Gasteiger partial charge is 0.411 e. The van der Waals surface area contributed by atoms with Crippen LogP contribution in [0.4, 0.5) is 29.3 Å². The molecule has 1 aromatic carbocycles. The molecule has 2 aliphatic heterocycles. The van der Waals surface area contributed by atoms with Crippen molar-refractivity contribution in [3.63, 3.8) is 0 Å². The van der Waals surface area contributed by atoms with Crippen LogP contribution in [0.2, 0.25) is 0 Å². The Balaban J connectivity index is 1.62. The standard InChI is InChI=1S/C21H23F3N4O4/c1-13-9-26(20(30)31)18-7-14(15-8-25-27(10-15)16-11-32-12-16)4-5-17(18)28(13)19(29)3-2-6-21(22,23)24/h4-5,7-8,10,13,16H,2-3,6,9,11-12H2,1H3,(H,30,31)/t13-/m0/s1. The molecule has 4 rings (SSSR count). The van der Waals surface area contributed by atoms with Gasteiger partial charge in [0.05, 0.1) is 42.9 Å². The maximum Gasteiger partial charge on any atom is 0.411 e. The number of aromatic nitrogens is 2. The molecule has 0 radical (unpaired) electrons. The number of hydrogen-bond acceptors (Lipinski definition) is 4. The van der Waals surface area contributed by atoms with Crippen LogP contribution in [-0.4, -0.2) is 58.9 Å². The number of carbonyl (C=O) groups excluding carboxylic acids is 1. The van der Waals surface area contributed by atoms with Crippen molar-refractivity contribution in [1.82, 2.24) is 9.78 Å². The number of carbonyl (C=O) groups is 2. The molecule has 1 atom stereocenters. The van der Waals surface area contributed by atoms with Gasteiger partial charge in [0, 0.05) is 31.1 Å². The summed E-state index contributed by atoms with van der Waals surface area (Å²) in [7, 11) is 0. The SMILES string of the molecule is C[C@H]1CN(C(=O)O)c2cc(-c3cnn(C4COC4)c3)ccc2N1C(=O)CCCC(F)(F)F. The maximum absolute atomic E-state index is 12.8. The molecule has 1 aromatic heterocycles. The van der Waals surface area contributed by atoms with Crippen LogP contribution in [0, 0.1) is 0 Å². The van der Waals surface area contributed by atoms with Crippen LogP contribution in [0.15, 0.2) is 30.6 Å². The van der Waals surface area contributed by atoms with Gasteiger partial charge < -0.3 is 14.7 Å². The molecule has 0 saturated carbocycles. The van der Waals surface area contributed by atoms with E-state index in [4.69, 9.17) is 4.74 Å². The van der Waals surface area contributed by atoms with E-state index in [1.165, 1.54) is 4.90 Å². The molecule has 2 aromatic rings. The second-order valence-corrected chi connectivity index (χ2v) is 8.08. The van der Waals surface area contributed by atoms with E-state index < -0.39 is 30.6 Å². The molecule has 0 spiro atoms. The van der Waals surface area contributed by atoms with E-state index in [1.807, 2.05) is 6.20 Å². The van der Waals surface area contributed by atoms with Crippen molar-refractivity contribution in [3.05, 3.63) is 30.6 Å². The van der Waals surface area contributed by atoms with Crippen LogP contribution >= 0.6 is 0 Å². The van der Waals surface area contributed by atoms with E-state index in [-0.39, 0.29) is 25.4 Å². The molecule has 0 unspecified atom stereocenters. The molecule has 32 heavy (non-hydrogen) atoms. The predicted molar refractivity (Wildman–Crippen MR) is 110 cm³/mol. The molecule has 2 aliphatic rings. The van der Waals surface area contributed by atoms with Gasteiger partial charge in [-0.15, -0.1) is 0 Å². The van der Waals surface area contributed by atoms with Crippen molar-refractivity contribution in [1.29, 1.82) is 0 Å². The van der Waals surface area contributed by atoms with Gasteiger partial charge in [0.15, 0.2) is 0 Å². The lowest BCUT2D eigenvalue weighted by atomic mass is 10.0. The quantitative estimate of drug-likeness (QED) is 0.739. The first kappa shape index (κ1) is 22.1. The van der Waals surface area contributed by atoms with Gasteiger partial charge in [-0.2, -0.15) is 18.3 Å². The molecule has 3 heterocycles. The number of rotatable bonds is 5. The van der Waals surface area contributed by atoms with Gasteiger partial charge in [-0.3, -0.25) is 14.4 Å². The van der Waals surface area contributed by atoms with Crippen molar-refractivity contribution in [3.8, 4) is 11.1 Å². The number of anilines is 2. The summed E-state index contributed by atoms with van der Waals surface area (Å²) in [6, 6.07) is 4.73. The minimum Gasteiger partial charge on any atom is -0.465 e. The van der Waals surface area contributed by atoms with Crippen molar-refractivity contribution >= 4 is 23.4 Å². The Bertz CT molecular complexity index is 1020. The van der Waals surface area contributed by atoms with E-state index in [9.17, 15) is 27.9 Å². The lowest BCUT2D eigenvalue weighted by molar-refractivity contribution is -0.137. The van der Waals surface area contributed by atoms with Gasteiger partial charge in [-0.05, 0) is 31.0 Å². The summed E-state index contributed by atoms with van der Waals surface area (Å²) in [6.07, 6.45) is -3.58. The van der Waals surface area contributed by atoms with Crippen LogP contribution in [-0.2, 0) is 9.53 Å². The second kappa shape index (κ2) is 8.45. The fourth-order valence-corrected chi connectivity index (χ4v) is 3.99. The van der Waals surface area contributed by atoms with Crippen LogP contribution in [0.25, 0.3) is 11.1 Å². The third kappa shape index (κ3) is 4.43. The Labute approximate surface area is 182 Å². The van der Waals surface area contributed by atoms with Crippen LogP contribution in [0.1, 0.15) is 32.2 Å². The molecule has 8 nitrogen and oxygen atoms in total. The lowest BCUT2D eigenvalue weighted by Gasteiger charge is -2.40. The van der Waals surface area contributed by atoms with Crippen molar-refractivity contribution in [2.24, 2.45) is 0 Å². The Hall–Kier alpha value is -3.08. The number of fused-ring (bicyclic) bond motifs is 1. The van der Waals surface area contributed by atoms with E-state index >= 15 is 0 Å². The van der Waals surface area contributed by atoms with Crippen molar-refractivity contribution in [2.45, 2.75) is 44.4 Å². The van der Waals surface area contributed by atoms with E-state index in [2.05, 4.69) is 5.10 Å². The summed E-state index contributed by atoms with van der Waals surface area (Å²) in [4.78, 5) is 27.2. The molecule has 0 bridgehead atoms. The molecule has 11 heteroatoms. The first-order chi connectivity index (χ1) is 15.1. The fourth-order valence-electron chi connectivity index (χ4n) is 3.99. The average molecular weight is 452 g/mol. The zero-order valence-electron chi connectivity index (χ0n) is 17.4. The normalized spacial score (nSPS) is 18.9. The third-order valence-corrected chi connectivity index (χ3v) is 5.69. The molecule has 172 valence electrons. The highest BCUT2D eigenvalue weighted by molar-refractivity contribution is 6.03. The number of amides is 2. The monoisotopic (exact) mass is 452 g/mol. The molecular weight excluding hydrogens is 429 g/mol. The van der Waals surface area contributed by atoms with Gasteiger partial charge in [0.1, 0.15) is 0 Å². The van der Waals surface area contributed by atoms with Gasteiger partial charge in [0.2, 0.25) is 5.91 Å². The number of benzene rings is 1. The third-order valence-electron chi connectivity index (χ3n) is 5.69. The second-order valence-electron chi connectivity index (χ2n) is 8.08. The summed E-state index contributed by atoms with van der Waals surface area (Å²) in [5.74, 6) is -0.460. The summed E-state index contributed by atoms with van der Waals surface area (Å²) in [6.45, 7) is 2.87. The van der Waals surface area contributed by atoms with Crippen LogP contribution < -0.4 is 9.80 Å². The maximum atomic E-state index is 12.8. The molecule has 0 aliphatic carbocycles. The van der Waals surface area contributed by atoms with Gasteiger partial charge >= 0.3 is 12.3 Å². The zero-order valence-corrected chi connectivity index (χ0v) is 17.4. The highest BCUT2D eigenvalue weighted by Crippen LogP contribution is 2.39. The number of carboxylic acid groups (broad SMARTS) is 1. The van der Waals surface area contributed by atoms with Crippen molar-refractivity contribution < 1.29 is 32.6 Å². The number of alkyl halides is 3. The minimum absolute atomic E-state index is 0.0233. The number of nitrogens with zero attached hydrogens (tertiary/aromatic N) is 4. The highest BCUT2D eigenvalue weighted by Gasteiger charge is 2.35. The number of ether oxygens (including phenoxy) is 1. The summed E-state index contributed by atoms with van der Waals surface area (Å²) >= 11 is 0. The highest BCUT2D eigenvalue weighted by atomic mass is 19.4. The lowest BCUT2D eigenvalue weighted by Crippen LogP contribution is -2.51. The van der Waals surface area contributed by atoms with E-state index in [0.29, 0.717) is 24.6 Å². The molecule has 1 fully saturated rings. The van der Waals surface area contributed by atoms with Crippen LogP contribution in [0.3, 0.4) is 0 Å². The Morgan fingerprint density at radius 3 is 2.59 bits per heavy atom. The van der Waals surface area contributed by atoms with Gasteiger partial charge in [-0.1, -0.05) is 6.07 Å². The average Bonchev–Trinajstić information content (AvgIpc) is 3.13. The molecule has 1 saturated heterocycles. The van der Waals surface area contributed by atoms with Crippen molar-refractivity contribution in [2.75, 3.05) is 29.6 Å². The predicted octanol–water partition coefficient (Wildman–Crippen LogP) is 4.07. The molecule has 2 amide bonds. The van der Waals surface area contributed by atoms with Crippen LogP contribution in [0.5, 0.6) is 0 Å². The van der Waals surface area contributed by atoms with E-state index in [0.717, 1.165) is 16.0 Å². The largest absolute Gasteiger partial charge is 0.465 e. The van der Waals surface area contributed by atoms with Gasteiger partial charge in [0.25, 0.3) is 0 Å².